The van der Waals surface area contributed by atoms with Gasteiger partial charge in [-0.3, -0.25) is 0 Å². The minimum Gasteiger partial charge on any atom is -0.0648 e. The largest absolute Gasteiger partial charge is 0.0648 e. The van der Waals surface area contributed by atoms with Gasteiger partial charge in [-0.2, -0.15) is 0 Å². The topological polar surface area (TPSA) is 0 Å². The first kappa shape index (κ1) is 34.6. The molecule has 0 heterocycles. The lowest BCUT2D eigenvalue weighted by Crippen LogP contribution is -2.18. The van der Waals surface area contributed by atoms with Gasteiger partial charge in [-0.1, -0.05) is 121 Å². The van der Waals surface area contributed by atoms with Crippen molar-refractivity contribution < 1.29 is 0 Å². The van der Waals surface area contributed by atoms with Crippen molar-refractivity contribution in [1.82, 2.24) is 0 Å². The zero-order chi connectivity index (χ0) is 30.4. The molecule has 2 aromatic rings. The standard InChI is InChI=1S/C40H66/c1-15-27(5)33-25-37(39(9,10)11)35(29(7)17-3)23-31(33)21-19-20-22-32-24-36(30(8)18-4)38(40(12,13)14)26-34(32)28(6)16-2/h23-30H,15-22H2,1-14H3. The summed E-state index contributed by atoms with van der Waals surface area (Å²) in [7, 11) is 0. The van der Waals surface area contributed by atoms with Crippen LogP contribution in [0.5, 0.6) is 0 Å². The van der Waals surface area contributed by atoms with E-state index in [1.165, 1.54) is 51.4 Å². The third-order valence-electron chi connectivity index (χ3n) is 9.95. The molecule has 0 nitrogen and oxygen atoms in total. The van der Waals surface area contributed by atoms with Crippen molar-refractivity contribution >= 4 is 0 Å². The average Bonchev–Trinajstić information content (AvgIpc) is 2.91. The zero-order valence-electron chi connectivity index (χ0n) is 29.3. The third-order valence-corrected chi connectivity index (χ3v) is 9.95. The van der Waals surface area contributed by atoms with Gasteiger partial charge >= 0.3 is 0 Å². The Morgan fingerprint density at radius 2 is 0.725 bits per heavy atom. The number of rotatable bonds is 13. The van der Waals surface area contributed by atoms with Crippen molar-refractivity contribution in [2.24, 2.45) is 0 Å². The molecule has 4 unspecified atom stereocenters. The Hall–Kier alpha value is -1.56. The van der Waals surface area contributed by atoms with Crippen LogP contribution in [0.2, 0.25) is 0 Å². The molecule has 0 heteroatoms. The van der Waals surface area contributed by atoms with Gasteiger partial charge in [-0.15, -0.1) is 0 Å². The predicted octanol–water partition coefficient (Wildman–Crippen LogP) is 12.9. The van der Waals surface area contributed by atoms with E-state index in [1.807, 2.05) is 0 Å². The molecule has 226 valence electrons. The van der Waals surface area contributed by atoms with Gasteiger partial charge in [-0.05, 0) is 130 Å². The van der Waals surface area contributed by atoms with Gasteiger partial charge in [0.15, 0.2) is 0 Å². The molecule has 0 aliphatic heterocycles. The molecule has 40 heavy (non-hydrogen) atoms. The molecule has 0 aromatic heterocycles. The quantitative estimate of drug-likeness (QED) is 0.219. The van der Waals surface area contributed by atoms with E-state index in [9.17, 15) is 0 Å². The normalized spacial score (nSPS) is 15.7. The van der Waals surface area contributed by atoms with Crippen LogP contribution < -0.4 is 0 Å². The van der Waals surface area contributed by atoms with Crippen LogP contribution in [0.15, 0.2) is 24.3 Å². The van der Waals surface area contributed by atoms with Crippen molar-refractivity contribution in [3.8, 4) is 0 Å². The molecule has 0 spiro atoms. The number of unbranched alkanes of at least 4 members (excludes halogenated alkanes) is 1. The highest BCUT2D eigenvalue weighted by Gasteiger charge is 2.25. The summed E-state index contributed by atoms with van der Waals surface area (Å²) in [6.45, 7) is 33.4. The lowest BCUT2D eigenvalue weighted by molar-refractivity contribution is 0.564. The summed E-state index contributed by atoms with van der Waals surface area (Å²) in [5.74, 6) is 2.44. The molecule has 4 atom stereocenters. The van der Waals surface area contributed by atoms with E-state index in [0.717, 1.165) is 0 Å². The SMILES string of the molecule is CCC(C)c1cc(C(C)(C)C)c(C(C)CC)cc1CCCCc1cc(C(C)CC)c(C(C)(C)C)cc1C(C)CC. The van der Waals surface area contributed by atoms with Crippen molar-refractivity contribution in [3.63, 3.8) is 0 Å². The van der Waals surface area contributed by atoms with Gasteiger partial charge in [0.1, 0.15) is 0 Å². The molecule has 2 rings (SSSR count). The van der Waals surface area contributed by atoms with Gasteiger partial charge in [0.05, 0.1) is 0 Å². The summed E-state index contributed by atoms with van der Waals surface area (Å²) in [6, 6.07) is 10.5. The van der Waals surface area contributed by atoms with E-state index in [-0.39, 0.29) is 10.8 Å². The molecule has 0 fully saturated rings. The minimum absolute atomic E-state index is 0.179. The highest BCUT2D eigenvalue weighted by atomic mass is 14.3. The number of benzene rings is 2. The lowest BCUT2D eigenvalue weighted by Gasteiger charge is -2.30. The summed E-state index contributed by atoms with van der Waals surface area (Å²) in [4.78, 5) is 0. The summed E-state index contributed by atoms with van der Waals surface area (Å²) in [5, 5.41) is 0. The highest BCUT2D eigenvalue weighted by molar-refractivity contribution is 5.46. The molecular weight excluding hydrogens is 480 g/mol. The van der Waals surface area contributed by atoms with Crippen LogP contribution in [-0.4, -0.2) is 0 Å². The van der Waals surface area contributed by atoms with Crippen LogP contribution in [-0.2, 0) is 23.7 Å². The van der Waals surface area contributed by atoms with Crippen LogP contribution in [0.1, 0.15) is 204 Å². The van der Waals surface area contributed by atoms with E-state index in [0.29, 0.717) is 23.7 Å². The minimum atomic E-state index is 0.179. The molecule has 0 saturated heterocycles. The van der Waals surface area contributed by atoms with Crippen molar-refractivity contribution in [2.75, 3.05) is 0 Å². The Bertz CT molecular complexity index is 983. The fourth-order valence-corrected chi connectivity index (χ4v) is 6.34. The van der Waals surface area contributed by atoms with Crippen molar-refractivity contribution in [1.29, 1.82) is 0 Å². The Balaban J connectivity index is 2.42. The summed E-state index contributed by atoms with van der Waals surface area (Å²) in [5.41, 5.74) is 13.1. The average molecular weight is 547 g/mol. The number of hydrogen-bond acceptors (Lipinski definition) is 0. The summed E-state index contributed by atoms with van der Waals surface area (Å²) in [6.07, 6.45) is 9.73. The first-order valence-corrected chi connectivity index (χ1v) is 16.9. The third kappa shape index (κ3) is 8.49. The zero-order valence-corrected chi connectivity index (χ0v) is 29.3. The van der Waals surface area contributed by atoms with Gasteiger partial charge in [0.25, 0.3) is 0 Å². The van der Waals surface area contributed by atoms with Gasteiger partial charge in [-0.25, -0.2) is 0 Å². The maximum Gasteiger partial charge on any atom is -0.0129 e. The molecule has 2 aromatic carbocycles. The fraction of sp³-hybridized carbons (Fsp3) is 0.700. The van der Waals surface area contributed by atoms with Gasteiger partial charge in [0.2, 0.25) is 0 Å². The second-order valence-electron chi connectivity index (χ2n) is 15.2. The molecule has 0 bridgehead atoms. The molecule has 0 aliphatic rings. The van der Waals surface area contributed by atoms with E-state index in [1.54, 1.807) is 44.5 Å². The number of hydrogen-bond donors (Lipinski definition) is 0. The van der Waals surface area contributed by atoms with Crippen LogP contribution in [0.25, 0.3) is 0 Å². The summed E-state index contributed by atoms with van der Waals surface area (Å²) >= 11 is 0. The molecule has 0 aliphatic carbocycles. The second kappa shape index (κ2) is 14.6. The monoisotopic (exact) mass is 547 g/mol. The Kier molecular flexibility index (Phi) is 12.6. The first-order valence-electron chi connectivity index (χ1n) is 16.9. The smallest absolute Gasteiger partial charge is 0.0129 e. The van der Waals surface area contributed by atoms with Crippen LogP contribution in [0, 0.1) is 0 Å². The molecule has 0 N–H and O–H groups in total. The Morgan fingerprint density at radius 1 is 0.450 bits per heavy atom. The fourth-order valence-electron chi connectivity index (χ4n) is 6.34. The maximum absolute atomic E-state index is 2.62. The van der Waals surface area contributed by atoms with Crippen molar-refractivity contribution in [2.45, 2.75) is 183 Å². The predicted molar refractivity (Wildman–Crippen MR) is 182 cm³/mol. The first-order chi connectivity index (χ1) is 18.6. The van der Waals surface area contributed by atoms with Gasteiger partial charge in [0, 0.05) is 0 Å². The van der Waals surface area contributed by atoms with E-state index in [2.05, 4.69) is 121 Å². The van der Waals surface area contributed by atoms with Gasteiger partial charge < -0.3 is 0 Å². The van der Waals surface area contributed by atoms with E-state index in [4.69, 9.17) is 0 Å². The van der Waals surface area contributed by atoms with E-state index >= 15 is 0 Å². The van der Waals surface area contributed by atoms with Crippen molar-refractivity contribution in [3.05, 3.63) is 68.8 Å². The second-order valence-corrected chi connectivity index (χ2v) is 15.2. The maximum atomic E-state index is 2.62. The Labute approximate surface area is 251 Å². The lowest BCUT2D eigenvalue weighted by atomic mass is 9.75. The van der Waals surface area contributed by atoms with Crippen LogP contribution in [0.3, 0.4) is 0 Å². The summed E-state index contributed by atoms with van der Waals surface area (Å²) < 4.78 is 0. The molecule has 0 saturated carbocycles. The molecule has 0 radical (unpaired) electrons. The van der Waals surface area contributed by atoms with E-state index < -0.39 is 0 Å². The molecule has 0 amide bonds. The highest BCUT2D eigenvalue weighted by Crippen LogP contribution is 2.39. The molecular formula is C40H66. The van der Waals surface area contributed by atoms with Crippen LogP contribution >= 0.6 is 0 Å². The van der Waals surface area contributed by atoms with Crippen LogP contribution in [0.4, 0.5) is 0 Å². The number of aryl methyl sites for hydroxylation is 2. The Morgan fingerprint density at radius 3 is 0.975 bits per heavy atom.